The van der Waals surface area contributed by atoms with Crippen LogP contribution in [0.3, 0.4) is 0 Å². The summed E-state index contributed by atoms with van der Waals surface area (Å²) < 4.78 is 0. The molecule has 1 aromatic carbocycles. The molecule has 13 heavy (non-hydrogen) atoms. The fourth-order valence-corrected chi connectivity index (χ4v) is 2.10. The Bertz CT molecular complexity index is 308. The second kappa shape index (κ2) is 3.95. The molecule has 0 aliphatic rings. The molecule has 1 rings (SSSR count). The normalized spacial score (nSPS) is 10.9. The van der Waals surface area contributed by atoms with Gasteiger partial charge in [-0.05, 0) is 11.5 Å². The van der Waals surface area contributed by atoms with Crippen LogP contribution in [0.2, 0.25) is 15.1 Å². The first-order valence-electron chi connectivity index (χ1n) is 3.81. The van der Waals surface area contributed by atoms with Gasteiger partial charge in [-0.15, -0.1) is 0 Å². The summed E-state index contributed by atoms with van der Waals surface area (Å²) in [5, 5.41) is 10.4. The first-order valence-corrected chi connectivity index (χ1v) is 4.95. The van der Waals surface area contributed by atoms with E-state index in [0.29, 0.717) is 15.6 Å². The largest absolute Gasteiger partial charge is 0.506 e. The maximum Gasteiger partial charge on any atom is 0.136 e. The molecule has 1 N–H and O–H groups in total. The zero-order valence-corrected chi connectivity index (χ0v) is 9.50. The number of hydrogen-bond donors (Lipinski definition) is 1. The van der Waals surface area contributed by atoms with Crippen molar-refractivity contribution in [2.75, 3.05) is 0 Å². The standard InChI is InChI=1S/C9H9Cl3O/c1-4(2)7-8(11)5(10)3-6(13)9(7)12/h3-4,13H,1-2H3. The molecule has 0 aromatic heterocycles. The van der Waals surface area contributed by atoms with Crippen molar-refractivity contribution in [3.63, 3.8) is 0 Å². The van der Waals surface area contributed by atoms with Crippen molar-refractivity contribution in [1.82, 2.24) is 0 Å². The van der Waals surface area contributed by atoms with E-state index < -0.39 is 0 Å². The van der Waals surface area contributed by atoms with Gasteiger partial charge in [-0.3, -0.25) is 0 Å². The summed E-state index contributed by atoms with van der Waals surface area (Å²) >= 11 is 17.6. The highest BCUT2D eigenvalue weighted by molar-refractivity contribution is 6.44. The monoisotopic (exact) mass is 238 g/mol. The average molecular weight is 240 g/mol. The Balaban J connectivity index is 3.46. The molecule has 0 atom stereocenters. The summed E-state index contributed by atoms with van der Waals surface area (Å²) in [6.07, 6.45) is 0. The van der Waals surface area contributed by atoms with Crippen molar-refractivity contribution in [3.05, 3.63) is 26.7 Å². The lowest BCUT2D eigenvalue weighted by Gasteiger charge is -2.12. The van der Waals surface area contributed by atoms with Gasteiger partial charge >= 0.3 is 0 Å². The van der Waals surface area contributed by atoms with Gasteiger partial charge in [0.25, 0.3) is 0 Å². The van der Waals surface area contributed by atoms with E-state index in [2.05, 4.69) is 0 Å². The van der Waals surface area contributed by atoms with E-state index in [4.69, 9.17) is 34.8 Å². The third-order valence-electron chi connectivity index (χ3n) is 1.75. The second-order valence-corrected chi connectivity index (χ2v) is 4.24. The number of rotatable bonds is 1. The van der Waals surface area contributed by atoms with Crippen LogP contribution in [0.15, 0.2) is 6.07 Å². The number of benzene rings is 1. The van der Waals surface area contributed by atoms with Gasteiger partial charge in [-0.2, -0.15) is 0 Å². The lowest BCUT2D eigenvalue weighted by atomic mass is 10.0. The van der Waals surface area contributed by atoms with Crippen LogP contribution in [0.4, 0.5) is 0 Å². The molecule has 0 spiro atoms. The Labute approximate surface area is 92.2 Å². The van der Waals surface area contributed by atoms with Crippen LogP contribution in [-0.4, -0.2) is 5.11 Å². The highest BCUT2D eigenvalue weighted by Crippen LogP contribution is 2.41. The first-order chi connectivity index (χ1) is 5.95. The van der Waals surface area contributed by atoms with Crippen LogP contribution < -0.4 is 0 Å². The van der Waals surface area contributed by atoms with Gasteiger partial charge in [0.15, 0.2) is 0 Å². The lowest BCUT2D eigenvalue weighted by molar-refractivity contribution is 0.474. The Morgan fingerprint density at radius 2 is 1.69 bits per heavy atom. The summed E-state index contributed by atoms with van der Waals surface area (Å²) in [5.74, 6) is 0.101. The molecule has 0 saturated carbocycles. The molecule has 0 amide bonds. The topological polar surface area (TPSA) is 20.2 Å². The van der Waals surface area contributed by atoms with Crippen molar-refractivity contribution in [2.24, 2.45) is 0 Å². The maximum atomic E-state index is 9.38. The molecule has 0 fully saturated rings. The summed E-state index contributed by atoms with van der Waals surface area (Å²) in [6.45, 7) is 3.87. The number of hydrogen-bond acceptors (Lipinski definition) is 1. The minimum absolute atomic E-state index is 0.0280. The van der Waals surface area contributed by atoms with E-state index >= 15 is 0 Å². The van der Waals surface area contributed by atoms with Gasteiger partial charge in [0, 0.05) is 6.07 Å². The van der Waals surface area contributed by atoms with Crippen molar-refractivity contribution in [3.8, 4) is 5.75 Å². The van der Waals surface area contributed by atoms with Crippen LogP contribution in [0, 0.1) is 0 Å². The molecule has 0 aliphatic heterocycles. The molecule has 0 unspecified atom stereocenters. The van der Waals surface area contributed by atoms with Gasteiger partial charge in [0.05, 0.1) is 15.1 Å². The predicted molar refractivity (Wildman–Crippen MR) is 57.2 cm³/mol. The summed E-state index contributed by atoms with van der Waals surface area (Å²) in [6, 6.07) is 1.35. The van der Waals surface area contributed by atoms with Crippen molar-refractivity contribution in [1.29, 1.82) is 0 Å². The van der Waals surface area contributed by atoms with Crippen LogP contribution in [-0.2, 0) is 0 Å². The highest BCUT2D eigenvalue weighted by Gasteiger charge is 2.16. The Kier molecular flexibility index (Phi) is 3.33. The summed E-state index contributed by atoms with van der Waals surface area (Å²) in [4.78, 5) is 0. The van der Waals surface area contributed by atoms with E-state index in [9.17, 15) is 5.11 Å². The molecule has 4 heteroatoms. The molecule has 0 radical (unpaired) electrons. The van der Waals surface area contributed by atoms with E-state index in [1.807, 2.05) is 13.8 Å². The smallest absolute Gasteiger partial charge is 0.136 e. The number of phenolic OH excluding ortho intramolecular Hbond substituents is 1. The molecule has 0 aliphatic carbocycles. The molecule has 0 heterocycles. The van der Waals surface area contributed by atoms with Crippen LogP contribution in [0.25, 0.3) is 0 Å². The lowest BCUT2D eigenvalue weighted by Crippen LogP contribution is -1.91. The second-order valence-electron chi connectivity index (χ2n) is 3.07. The summed E-state index contributed by atoms with van der Waals surface area (Å²) in [5.41, 5.74) is 0.688. The summed E-state index contributed by atoms with van der Waals surface area (Å²) in [7, 11) is 0. The first kappa shape index (κ1) is 11.0. The van der Waals surface area contributed by atoms with Gasteiger partial charge in [0.2, 0.25) is 0 Å². The minimum atomic E-state index is -0.0280. The predicted octanol–water partition coefficient (Wildman–Crippen LogP) is 4.48. The molecule has 1 nitrogen and oxygen atoms in total. The van der Waals surface area contributed by atoms with Crippen LogP contribution in [0.1, 0.15) is 25.3 Å². The van der Waals surface area contributed by atoms with Crippen molar-refractivity contribution in [2.45, 2.75) is 19.8 Å². The third-order valence-corrected chi connectivity index (χ3v) is 2.95. The molecule has 72 valence electrons. The molecular formula is C9H9Cl3O. The third kappa shape index (κ3) is 2.04. The van der Waals surface area contributed by atoms with Crippen molar-refractivity contribution < 1.29 is 5.11 Å². The van der Waals surface area contributed by atoms with Gasteiger partial charge < -0.3 is 5.11 Å². The van der Waals surface area contributed by atoms with Crippen LogP contribution in [0.5, 0.6) is 5.75 Å². The van der Waals surface area contributed by atoms with Gasteiger partial charge in [0.1, 0.15) is 5.75 Å². The number of halogens is 3. The van der Waals surface area contributed by atoms with E-state index in [0.717, 1.165) is 0 Å². The highest BCUT2D eigenvalue weighted by atomic mass is 35.5. The molecule has 0 saturated heterocycles. The Morgan fingerprint density at radius 3 is 2.15 bits per heavy atom. The Morgan fingerprint density at radius 1 is 1.15 bits per heavy atom. The molecule has 1 aromatic rings. The van der Waals surface area contributed by atoms with Crippen molar-refractivity contribution >= 4 is 34.8 Å². The average Bonchev–Trinajstić information content (AvgIpc) is 2.01. The number of phenols is 1. The van der Waals surface area contributed by atoms with E-state index in [-0.39, 0.29) is 16.7 Å². The fraction of sp³-hybridized carbons (Fsp3) is 0.333. The zero-order valence-electron chi connectivity index (χ0n) is 7.24. The maximum absolute atomic E-state index is 9.38. The fourth-order valence-electron chi connectivity index (χ4n) is 1.12. The Hall–Kier alpha value is -0.110. The van der Waals surface area contributed by atoms with Gasteiger partial charge in [-0.1, -0.05) is 48.7 Å². The quantitative estimate of drug-likeness (QED) is 0.717. The molecule has 0 bridgehead atoms. The zero-order chi connectivity index (χ0) is 10.2. The van der Waals surface area contributed by atoms with E-state index in [1.165, 1.54) is 6.07 Å². The minimum Gasteiger partial charge on any atom is -0.506 e. The van der Waals surface area contributed by atoms with Crippen LogP contribution >= 0.6 is 34.8 Å². The SMILES string of the molecule is CC(C)c1c(Cl)c(O)cc(Cl)c1Cl. The van der Waals surface area contributed by atoms with E-state index in [1.54, 1.807) is 0 Å². The molecular weight excluding hydrogens is 230 g/mol. The van der Waals surface area contributed by atoms with Gasteiger partial charge in [-0.25, -0.2) is 0 Å². The number of aromatic hydroxyl groups is 1.